The molecule has 0 spiro atoms. The van der Waals surface area contributed by atoms with Crippen LogP contribution in [0.3, 0.4) is 0 Å². The lowest BCUT2D eigenvalue weighted by Crippen LogP contribution is -2.56. The second kappa shape index (κ2) is 6.62. The second-order valence-corrected chi connectivity index (χ2v) is 6.32. The summed E-state index contributed by atoms with van der Waals surface area (Å²) in [5.41, 5.74) is -1.45. The maximum atomic E-state index is 12.4. The van der Waals surface area contributed by atoms with Crippen LogP contribution in [0.1, 0.15) is 25.7 Å². The van der Waals surface area contributed by atoms with Crippen molar-refractivity contribution in [1.82, 2.24) is 5.32 Å². The minimum absolute atomic E-state index is 0.112. The van der Waals surface area contributed by atoms with E-state index in [0.29, 0.717) is 25.7 Å². The summed E-state index contributed by atoms with van der Waals surface area (Å²) >= 11 is 0. The summed E-state index contributed by atoms with van der Waals surface area (Å²) in [6.07, 6.45) is 2.04. The monoisotopic (exact) mass is 363 g/mol. The molecule has 1 aromatic rings. The van der Waals surface area contributed by atoms with Crippen molar-refractivity contribution in [2.24, 2.45) is 0 Å². The van der Waals surface area contributed by atoms with Crippen LogP contribution in [0, 0.1) is 10.1 Å². The zero-order valence-electron chi connectivity index (χ0n) is 13.8. The Bertz CT molecular complexity index is 786. The standard InChI is InChI=1S/C16H17N3O7/c20-13(17-16(15(22)23)5-1-2-6-16)8-18-11-7-10(19(24)25)3-4-12(11)26-9-14(18)21/h3-4,7H,1-2,5-6,8-9H2,(H,17,20)(H,22,23). The fraction of sp³-hybridized carbons (Fsp3) is 0.438. The number of anilines is 1. The Morgan fingerprint density at radius 1 is 1.35 bits per heavy atom. The molecule has 0 aromatic heterocycles. The summed E-state index contributed by atoms with van der Waals surface area (Å²) in [7, 11) is 0. The Labute approximate surface area is 147 Å². The van der Waals surface area contributed by atoms with E-state index in [1.165, 1.54) is 12.1 Å². The quantitative estimate of drug-likeness (QED) is 0.583. The maximum absolute atomic E-state index is 12.4. The Hall–Kier alpha value is -3.17. The van der Waals surface area contributed by atoms with E-state index in [-0.39, 0.29) is 23.7 Å². The van der Waals surface area contributed by atoms with Crippen molar-refractivity contribution in [1.29, 1.82) is 0 Å². The van der Waals surface area contributed by atoms with Gasteiger partial charge in [0.05, 0.1) is 10.6 Å². The molecule has 1 heterocycles. The molecule has 0 radical (unpaired) electrons. The van der Waals surface area contributed by atoms with Gasteiger partial charge in [-0.05, 0) is 18.9 Å². The number of nitrogens with one attached hydrogen (secondary N) is 1. The zero-order chi connectivity index (χ0) is 18.9. The van der Waals surface area contributed by atoms with Gasteiger partial charge < -0.3 is 15.2 Å². The molecule has 1 fully saturated rings. The fourth-order valence-corrected chi connectivity index (χ4v) is 3.30. The van der Waals surface area contributed by atoms with Crippen LogP contribution < -0.4 is 15.0 Å². The molecule has 0 atom stereocenters. The highest BCUT2D eigenvalue weighted by Gasteiger charge is 2.43. The SMILES string of the molecule is O=C(CN1C(=O)COc2ccc([N+](=O)[O-])cc21)NC1(C(=O)O)CCCC1. The average Bonchev–Trinajstić information content (AvgIpc) is 3.06. The molecule has 1 saturated carbocycles. The van der Waals surface area contributed by atoms with E-state index < -0.39 is 34.8 Å². The van der Waals surface area contributed by atoms with Crippen LogP contribution in [0.25, 0.3) is 0 Å². The number of aliphatic carboxylic acids is 1. The molecule has 2 amide bonds. The Morgan fingerprint density at radius 2 is 2.04 bits per heavy atom. The summed E-state index contributed by atoms with van der Waals surface area (Å²) in [6.45, 7) is -0.743. The number of carboxylic acids is 1. The first-order valence-electron chi connectivity index (χ1n) is 8.08. The molecule has 0 unspecified atom stereocenters. The number of ether oxygens (including phenoxy) is 1. The van der Waals surface area contributed by atoms with Crippen molar-refractivity contribution in [3.63, 3.8) is 0 Å². The Kier molecular flexibility index (Phi) is 4.49. The highest BCUT2D eigenvalue weighted by Crippen LogP contribution is 2.35. The molecule has 10 nitrogen and oxygen atoms in total. The van der Waals surface area contributed by atoms with Gasteiger partial charge in [-0.2, -0.15) is 0 Å². The van der Waals surface area contributed by atoms with E-state index >= 15 is 0 Å². The molecule has 2 aliphatic rings. The largest absolute Gasteiger partial charge is 0.482 e. The molecule has 138 valence electrons. The lowest BCUT2D eigenvalue weighted by atomic mass is 9.98. The lowest BCUT2D eigenvalue weighted by molar-refractivity contribution is -0.384. The smallest absolute Gasteiger partial charge is 0.329 e. The fourth-order valence-electron chi connectivity index (χ4n) is 3.30. The van der Waals surface area contributed by atoms with Gasteiger partial charge in [0.1, 0.15) is 17.8 Å². The molecule has 3 rings (SSSR count). The van der Waals surface area contributed by atoms with E-state index in [0.717, 1.165) is 11.0 Å². The van der Waals surface area contributed by atoms with E-state index in [4.69, 9.17) is 4.74 Å². The van der Waals surface area contributed by atoms with Crippen LogP contribution in [-0.4, -0.2) is 46.5 Å². The van der Waals surface area contributed by atoms with Crippen LogP contribution in [-0.2, 0) is 14.4 Å². The number of hydrogen-bond donors (Lipinski definition) is 2. The molecule has 1 aliphatic carbocycles. The molecular weight excluding hydrogens is 346 g/mol. The first kappa shape index (κ1) is 17.6. The molecule has 1 aromatic carbocycles. The number of nitrogens with zero attached hydrogens (tertiary/aromatic N) is 2. The van der Waals surface area contributed by atoms with Crippen molar-refractivity contribution < 1.29 is 29.2 Å². The van der Waals surface area contributed by atoms with Crippen molar-refractivity contribution >= 4 is 29.2 Å². The normalized spacial score (nSPS) is 18.0. The van der Waals surface area contributed by atoms with Crippen LogP contribution >= 0.6 is 0 Å². The van der Waals surface area contributed by atoms with Crippen LogP contribution in [0.4, 0.5) is 11.4 Å². The van der Waals surface area contributed by atoms with Gasteiger partial charge in [0, 0.05) is 12.1 Å². The van der Waals surface area contributed by atoms with E-state index in [1.54, 1.807) is 0 Å². The second-order valence-electron chi connectivity index (χ2n) is 6.32. The van der Waals surface area contributed by atoms with E-state index in [9.17, 15) is 29.6 Å². The molecule has 0 bridgehead atoms. The third kappa shape index (κ3) is 3.17. The molecule has 26 heavy (non-hydrogen) atoms. The van der Waals surface area contributed by atoms with Gasteiger partial charge in [0.15, 0.2) is 6.61 Å². The predicted molar refractivity (Wildman–Crippen MR) is 87.9 cm³/mol. The number of fused-ring (bicyclic) bond motifs is 1. The number of rotatable bonds is 5. The van der Waals surface area contributed by atoms with Gasteiger partial charge in [-0.25, -0.2) is 4.79 Å². The van der Waals surface area contributed by atoms with Gasteiger partial charge in [-0.3, -0.25) is 24.6 Å². The summed E-state index contributed by atoms with van der Waals surface area (Å²) in [4.78, 5) is 47.5. The zero-order valence-corrected chi connectivity index (χ0v) is 13.8. The highest BCUT2D eigenvalue weighted by atomic mass is 16.6. The number of carboxylic acid groups (broad SMARTS) is 1. The molecule has 1 aliphatic heterocycles. The summed E-state index contributed by atoms with van der Waals surface area (Å²) in [5, 5.41) is 22.9. The first-order valence-corrected chi connectivity index (χ1v) is 8.08. The van der Waals surface area contributed by atoms with Crippen LogP contribution in [0.2, 0.25) is 0 Å². The van der Waals surface area contributed by atoms with Gasteiger partial charge >= 0.3 is 5.97 Å². The van der Waals surface area contributed by atoms with Crippen molar-refractivity contribution in [3.8, 4) is 5.75 Å². The number of non-ortho nitro benzene ring substituents is 1. The lowest BCUT2D eigenvalue weighted by Gasteiger charge is -2.31. The number of carbonyl (C=O) groups excluding carboxylic acids is 2. The van der Waals surface area contributed by atoms with Crippen molar-refractivity contribution in [3.05, 3.63) is 28.3 Å². The minimum Gasteiger partial charge on any atom is -0.482 e. The van der Waals surface area contributed by atoms with Gasteiger partial charge in [-0.15, -0.1) is 0 Å². The van der Waals surface area contributed by atoms with Crippen molar-refractivity contribution in [2.75, 3.05) is 18.1 Å². The third-order valence-electron chi connectivity index (χ3n) is 4.64. The number of nitro benzene ring substituents is 1. The van der Waals surface area contributed by atoms with Crippen LogP contribution in [0.5, 0.6) is 5.75 Å². The first-order chi connectivity index (χ1) is 12.3. The molecule has 2 N–H and O–H groups in total. The molecular formula is C16H17N3O7. The van der Waals surface area contributed by atoms with Gasteiger partial charge in [0.2, 0.25) is 5.91 Å². The number of nitro groups is 1. The molecule has 0 saturated heterocycles. The topological polar surface area (TPSA) is 139 Å². The third-order valence-corrected chi connectivity index (χ3v) is 4.64. The highest BCUT2D eigenvalue weighted by molar-refractivity contribution is 6.03. The van der Waals surface area contributed by atoms with E-state index in [1.807, 2.05) is 0 Å². The predicted octanol–water partition coefficient (Wildman–Crippen LogP) is 0.834. The summed E-state index contributed by atoms with van der Waals surface area (Å²) < 4.78 is 5.23. The van der Waals surface area contributed by atoms with Crippen LogP contribution in [0.15, 0.2) is 18.2 Å². The Morgan fingerprint density at radius 3 is 2.65 bits per heavy atom. The number of amides is 2. The summed E-state index contributed by atoms with van der Waals surface area (Å²) in [6, 6.07) is 3.76. The van der Waals surface area contributed by atoms with E-state index in [2.05, 4.69) is 5.32 Å². The maximum Gasteiger partial charge on any atom is 0.329 e. The average molecular weight is 363 g/mol. The van der Waals surface area contributed by atoms with Gasteiger partial charge in [-0.1, -0.05) is 12.8 Å². The number of benzene rings is 1. The number of hydrogen-bond acceptors (Lipinski definition) is 6. The molecule has 10 heteroatoms. The summed E-state index contributed by atoms with van der Waals surface area (Å²) in [5.74, 6) is -2.03. The Balaban J connectivity index is 1.82. The van der Waals surface area contributed by atoms with Gasteiger partial charge in [0.25, 0.3) is 11.6 Å². The van der Waals surface area contributed by atoms with Crippen molar-refractivity contribution in [2.45, 2.75) is 31.2 Å². The number of carbonyl (C=O) groups is 3. The minimum atomic E-state index is -1.32.